The van der Waals surface area contributed by atoms with E-state index in [0.29, 0.717) is 0 Å². The molecule has 1 rings (SSSR count). The Bertz CT molecular complexity index is 144. The Morgan fingerprint density at radius 3 is 2.71 bits per heavy atom. The van der Waals surface area contributed by atoms with Crippen LogP contribution < -0.4 is 0 Å². The van der Waals surface area contributed by atoms with Gasteiger partial charge in [-0.2, -0.15) is 0 Å². The van der Waals surface area contributed by atoms with E-state index in [4.69, 9.17) is 11.6 Å². The van der Waals surface area contributed by atoms with Gasteiger partial charge in [0.25, 0.3) is 0 Å². The zero-order chi connectivity index (χ0) is 5.28. The molecule has 1 aromatic rings. The predicted octanol–water partition coefficient (Wildman–Crippen LogP) is 1.87. The van der Waals surface area contributed by atoms with Crippen LogP contribution >= 0.6 is 11.6 Å². The summed E-state index contributed by atoms with van der Waals surface area (Å²) in [5, 5.41) is -0.0278. The normalized spacial score (nSPS) is 9.43. The summed E-state index contributed by atoms with van der Waals surface area (Å²) >= 11 is 5.12. The second-order valence-corrected chi connectivity index (χ2v) is 1.41. The van der Waals surface area contributed by atoms with Crippen molar-refractivity contribution in [3.63, 3.8) is 0 Å². The summed E-state index contributed by atoms with van der Waals surface area (Å²) in [4.78, 5) is 0. The van der Waals surface area contributed by atoms with Crippen LogP contribution in [0.15, 0.2) is 10.7 Å². The molecule has 0 unspecified atom stereocenters. The molecule has 0 fully saturated rings. The van der Waals surface area contributed by atoms with Crippen LogP contribution in [0.3, 0.4) is 0 Å². The zero-order valence-corrected chi connectivity index (χ0v) is 4.00. The Hall–Kier alpha value is -0.500. The summed E-state index contributed by atoms with van der Waals surface area (Å²) < 4.78 is 16.0. The second kappa shape index (κ2) is 1.54. The van der Waals surface area contributed by atoms with Gasteiger partial charge in [0.2, 0.25) is 6.26 Å². The van der Waals surface area contributed by atoms with E-state index in [9.17, 15) is 4.39 Å². The Kier molecular flexibility index (Phi) is 1.02. The highest BCUT2D eigenvalue weighted by molar-refractivity contribution is 6.30. The van der Waals surface area contributed by atoms with Crippen molar-refractivity contribution in [3.05, 3.63) is 23.4 Å². The zero-order valence-electron chi connectivity index (χ0n) is 3.24. The topological polar surface area (TPSA) is 13.1 Å². The lowest BCUT2D eigenvalue weighted by Crippen LogP contribution is -1.58. The molecule has 37 valence electrons. The average molecular weight is 120 g/mol. The van der Waals surface area contributed by atoms with Crippen LogP contribution in [0.25, 0.3) is 0 Å². The van der Waals surface area contributed by atoms with Crippen molar-refractivity contribution in [1.82, 2.24) is 0 Å². The van der Waals surface area contributed by atoms with Crippen LogP contribution in [-0.2, 0) is 0 Å². The first-order valence-electron chi connectivity index (χ1n) is 1.61. The molecule has 0 amide bonds. The number of hydrogen-bond donors (Lipinski definition) is 0. The maximum Gasteiger partial charge on any atom is 0.209 e. The van der Waals surface area contributed by atoms with Gasteiger partial charge < -0.3 is 4.42 Å². The molecule has 0 saturated heterocycles. The van der Waals surface area contributed by atoms with Crippen LogP contribution in [0, 0.1) is 12.1 Å². The van der Waals surface area contributed by atoms with Gasteiger partial charge in [-0.3, -0.25) is 0 Å². The van der Waals surface area contributed by atoms with Crippen LogP contribution in [0.1, 0.15) is 0 Å². The van der Waals surface area contributed by atoms with Gasteiger partial charge in [0.05, 0.1) is 0 Å². The summed E-state index contributed by atoms with van der Waals surface area (Å²) in [6, 6.07) is 0. The third-order valence-electron chi connectivity index (χ3n) is 0.521. The molecule has 0 atom stereocenters. The maximum absolute atomic E-state index is 11.8. The third kappa shape index (κ3) is 0.747. The van der Waals surface area contributed by atoms with Gasteiger partial charge in [0.1, 0.15) is 11.3 Å². The minimum absolute atomic E-state index is 0.0278. The molecule has 7 heavy (non-hydrogen) atoms. The third-order valence-corrected chi connectivity index (χ3v) is 0.776. The van der Waals surface area contributed by atoms with Gasteiger partial charge in [-0.05, 0) is 0 Å². The van der Waals surface area contributed by atoms with Crippen LogP contribution in [0.2, 0.25) is 5.02 Å². The van der Waals surface area contributed by atoms with Crippen LogP contribution in [-0.4, -0.2) is 0 Å². The maximum atomic E-state index is 11.8. The van der Waals surface area contributed by atoms with Crippen molar-refractivity contribution in [2.24, 2.45) is 0 Å². The SMILES string of the molecule is Fc1[c]occ1Cl. The quantitative estimate of drug-likeness (QED) is 0.508. The van der Waals surface area contributed by atoms with Gasteiger partial charge in [-0.25, -0.2) is 4.39 Å². The van der Waals surface area contributed by atoms with Crippen molar-refractivity contribution >= 4 is 11.6 Å². The van der Waals surface area contributed by atoms with Crippen LogP contribution in [0.5, 0.6) is 0 Å². The van der Waals surface area contributed by atoms with E-state index >= 15 is 0 Å². The van der Waals surface area contributed by atoms with E-state index in [1.54, 1.807) is 0 Å². The lowest BCUT2D eigenvalue weighted by Gasteiger charge is -1.68. The molecule has 0 saturated carbocycles. The van der Waals surface area contributed by atoms with Crippen molar-refractivity contribution in [2.75, 3.05) is 0 Å². The monoisotopic (exact) mass is 119 g/mol. The van der Waals surface area contributed by atoms with Gasteiger partial charge in [-0.1, -0.05) is 11.6 Å². The van der Waals surface area contributed by atoms with Crippen LogP contribution in [0.4, 0.5) is 4.39 Å². The molecule has 0 spiro atoms. The van der Waals surface area contributed by atoms with Gasteiger partial charge in [0, 0.05) is 0 Å². The van der Waals surface area contributed by atoms with Gasteiger partial charge in [-0.15, -0.1) is 0 Å². The standard InChI is InChI=1S/C4HClFO/c5-3-1-7-2-4(3)6/h1H. The van der Waals surface area contributed by atoms with Gasteiger partial charge in [0.15, 0.2) is 5.82 Å². The molecule has 0 bridgehead atoms. The first-order valence-corrected chi connectivity index (χ1v) is 1.98. The molecule has 0 aliphatic carbocycles. The van der Waals surface area contributed by atoms with E-state index in [2.05, 4.69) is 4.42 Å². The molecule has 3 heteroatoms. The van der Waals surface area contributed by atoms with Crippen molar-refractivity contribution < 1.29 is 8.81 Å². The fourth-order valence-electron chi connectivity index (χ4n) is 0.233. The molecule has 0 aromatic carbocycles. The molecule has 1 radical (unpaired) electrons. The molecular formula is C4HClFO. The Morgan fingerprint density at radius 1 is 1.86 bits per heavy atom. The highest BCUT2D eigenvalue weighted by Crippen LogP contribution is 2.12. The molecular weight excluding hydrogens is 118 g/mol. The summed E-state index contributed by atoms with van der Waals surface area (Å²) in [5.74, 6) is -0.637. The fourth-order valence-corrected chi connectivity index (χ4v) is 0.317. The minimum Gasteiger partial charge on any atom is -0.456 e. The lowest BCUT2D eigenvalue weighted by molar-refractivity contribution is 0.522. The Balaban J connectivity index is 3.12. The van der Waals surface area contributed by atoms with E-state index in [1.807, 2.05) is 6.26 Å². The lowest BCUT2D eigenvalue weighted by atomic mass is 10.6. The van der Waals surface area contributed by atoms with E-state index in [1.165, 1.54) is 0 Å². The second-order valence-electron chi connectivity index (χ2n) is 1.000. The minimum atomic E-state index is -0.637. The Morgan fingerprint density at radius 2 is 2.57 bits per heavy atom. The molecule has 1 nitrogen and oxygen atoms in total. The molecule has 1 heterocycles. The smallest absolute Gasteiger partial charge is 0.209 e. The summed E-state index contributed by atoms with van der Waals surface area (Å²) in [6.07, 6.45) is 2.97. The van der Waals surface area contributed by atoms with E-state index in [0.717, 1.165) is 6.26 Å². The number of furan rings is 1. The van der Waals surface area contributed by atoms with Gasteiger partial charge >= 0.3 is 0 Å². The Labute approximate surface area is 44.7 Å². The van der Waals surface area contributed by atoms with E-state index < -0.39 is 5.82 Å². The van der Waals surface area contributed by atoms with E-state index in [-0.39, 0.29) is 5.02 Å². The summed E-state index contributed by atoms with van der Waals surface area (Å²) in [7, 11) is 0. The van der Waals surface area contributed by atoms with Crippen molar-refractivity contribution in [1.29, 1.82) is 0 Å². The summed E-state index contributed by atoms with van der Waals surface area (Å²) in [6.45, 7) is 0. The first-order chi connectivity index (χ1) is 3.30. The summed E-state index contributed by atoms with van der Waals surface area (Å²) in [5.41, 5.74) is 0. The molecule has 0 aliphatic rings. The predicted molar refractivity (Wildman–Crippen MR) is 22.5 cm³/mol. The number of hydrogen-bond acceptors (Lipinski definition) is 1. The van der Waals surface area contributed by atoms with Crippen molar-refractivity contribution in [3.8, 4) is 0 Å². The fraction of sp³-hybridized carbons (Fsp3) is 0. The highest BCUT2D eigenvalue weighted by Gasteiger charge is 1.98. The van der Waals surface area contributed by atoms with Crippen molar-refractivity contribution in [2.45, 2.75) is 0 Å². The molecule has 0 aliphatic heterocycles. The highest BCUT2D eigenvalue weighted by atomic mass is 35.5. The number of rotatable bonds is 0. The largest absolute Gasteiger partial charge is 0.456 e. The molecule has 1 aromatic heterocycles. The number of halogens is 2. The average Bonchev–Trinajstić information content (AvgIpc) is 1.91. The first kappa shape index (κ1) is 4.65. The molecule has 0 N–H and O–H groups in total.